The minimum atomic E-state index is -3.37. The third kappa shape index (κ3) is 5.46. The molecular formula is C22H36N4O3S. The highest BCUT2D eigenvalue weighted by Crippen LogP contribution is 2.33. The van der Waals surface area contributed by atoms with Crippen molar-refractivity contribution in [2.24, 2.45) is 16.3 Å². The maximum absolute atomic E-state index is 12.8. The first-order valence-electron chi connectivity index (χ1n) is 10.9. The highest BCUT2D eigenvalue weighted by atomic mass is 32.2. The van der Waals surface area contributed by atoms with Crippen molar-refractivity contribution in [1.82, 2.24) is 10.6 Å². The number of nitrogens with zero attached hydrogens (tertiary/aromatic N) is 2. The Hall–Kier alpha value is -1.80. The molecule has 2 unspecified atom stereocenters. The Kier molecular flexibility index (Phi) is 7.29. The summed E-state index contributed by atoms with van der Waals surface area (Å²) in [5.74, 6) is 1.06. The van der Waals surface area contributed by atoms with E-state index in [0.717, 1.165) is 43.7 Å². The van der Waals surface area contributed by atoms with E-state index in [4.69, 9.17) is 4.74 Å². The number of guanidine groups is 1. The van der Waals surface area contributed by atoms with E-state index in [1.165, 1.54) is 4.31 Å². The van der Waals surface area contributed by atoms with Crippen molar-refractivity contribution in [3.05, 3.63) is 29.8 Å². The summed E-state index contributed by atoms with van der Waals surface area (Å²) in [5.41, 5.74) is 1.99. The molecule has 8 heteroatoms. The highest BCUT2D eigenvalue weighted by molar-refractivity contribution is 7.92. The van der Waals surface area contributed by atoms with E-state index < -0.39 is 10.0 Å². The zero-order valence-electron chi connectivity index (χ0n) is 18.6. The van der Waals surface area contributed by atoms with Crippen molar-refractivity contribution in [2.75, 3.05) is 43.3 Å². The molecule has 30 heavy (non-hydrogen) atoms. The molecule has 0 amide bonds. The van der Waals surface area contributed by atoms with E-state index in [1.54, 1.807) is 7.05 Å². The number of hydrogen-bond donors (Lipinski definition) is 2. The fraction of sp³-hybridized carbons (Fsp3) is 0.682. The summed E-state index contributed by atoms with van der Waals surface area (Å²) in [7, 11) is -1.67. The molecule has 0 saturated carbocycles. The monoisotopic (exact) mass is 436 g/mol. The Balaban J connectivity index is 1.50. The molecule has 1 aromatic carbocycles. The molecule has 7 nitrogen and oxygen atoms in total. The molecular weight excluding hydrogens is 400 g/mol. The number of benzene rings is 1. The van der Waals surface area contributed by atoms with Gasteiger partial charge in [-0.2, -0.15) is 0 Å². The van der Waals surface area contributed by atoms with Gasteiger partial charge in [-0.15, -0.1) is 0 Å². The van der Waals surface area contributed by atoms with Crippen LogP contribution in [0.1, 0.15) is 39.2 Å². The summed E-state index contributed by atoms with van der Waals surface area (Å²) >= 11 is 0. The molecule has 2 atom stereocenters. The number of ether oxygens (including phenoxy) is 1. The quantitative estimate of drug-likeness (QED) is 0.528. The van der Waals surface area contributed by atoms with Crippen LogP contribution in [-0.4, -0.2) is 59.5 Å². The molecule has 2 aliphatic heterocycles. The van der Waals surface area contributed by atoms with Gasteiger partial charge in [0, 0.05) is 39.2 Å². The molecule has 0 aliphatic carbocycles. The lowest BCUT2D eigenvalue weighted by Gasteiger charge is -2.40. The molecule has 1 aromatic rings. The van der Waals surface area contributed by atoms with Gasteiger partial charge in [0.2, 0.25) is 10.0 Å². The second-order valence-electron chi connectivity index (χ2n) is 9.21. The average Bonchev–Trinajstić information content (AvgIpc) is 3.15. The maximum Gasteiger partial charge on any atom is 0.236 e. The summed E-state index contributed by atoms with van der Waals surface area (Å²) < 4.78 is 33.2. The molecule has 1 saturated heterocycles. The van der Waals surface area contributed by atoms with Crippen LogP contribution in [0.25, 0.3) is 0 Å². The van der Waals surface area contributed by atoms with Crippen molar-refractivity contribution < 1.29 is 13.2 Å². The maximum atomic E-state index is 12.8. The van der Waals surface area contributed by atoms with Gasteiger partial charge in [-0.25, -0.2) is 8.42 Å². The molecule has 0 radical (unpaired) electrons. The highest BCUT2D eigenvalue weighted by Gasteiger charge is 2.35. The van der Waals surface area contributed by atoms with Gasteiger partial charge in [0.1, 0.15) is 0 Å². The number of para-hydroxylation sites is 1. The topological polar surface area (TPSA) is 83.0 Å². The number of fused-ring (bicyclic) bond motifs is 1. The van der Waals surface area contributed by atoms with Crippen LogP contribution < -0.4 is 14.9 Å². The Morgan fingerprint density at radius 2 is 2.03 bits per heavy atom. The van der Waals surface area contributed by atoms with Gasteiger partial charge in [-0.1, -0.05) is 39.0 Å². The fourth-order valence-corrected chi connectivity index (χ4v) is 5.89. The molecule has 2 N–H and O–H groups in total. The van der Waals surface area contributed by atoms with E-state index in [2.05, 4.69) is 36.4 Å². The Morgan fingerprint density at radius 3 is 2.77 bits per heavy atom. The SMILES string of the molecule is CN=C(NCCS(=O)(=O)N1CCc2ccccc21)NCC1CCCOC1C(C)(C)C. The minimum Gasteiger partial charge on any atom is -0.377 e. The minimum absolute atomic E-state index is 0.0270. The number of sulfonamides is 1. The van der Waals surface area contributed by atoms with Crippen LogP contribution in [0.3, 0.4) is 0 Å². The van der Waals surface area contributed by atoms with Crippen LogP contribution in [-0.2, 0) is 21.2 Å². The molecule has 1 fully saturated rings. The van der Waals surface area contributed by atoms with E-state index >= 15 is 0 Å². The summed E-state index contributed by atoms with van der Waals surface area (Å²) in [6, 6.07) is 7.71. The zero-order valence-corrected chi connectivity index (χ0v) is 19.5. The number of nitrogens with one attached hydrogen (secondary N) is 2. The smallest absolute Gasteiger partial charge is 0.236 e. The van der Waals surface area contributed by atoms with E-state index in [-0.39, 0.29) is 17.3 Å². The summed E-state index contributed by atoms with van der Waals surface area (Å²) in [5, 5.41) is 6.52. The molecule has 2 heterocycles. The lowest BCUT2D eigenvalue weighted by atomic mass is 9.78. The first kappa shape index (κ1) is 22.9. The van der Waals surface area contributed by atoms with Gasteiger partial charge in [-0.05, 0) is 36.3 Å². The van der Waals surface area contributed by atoms with E-state index in [9.17, 15) is 8.42 Å². The first-order valence-corrected chi connectivity index (χ1v) is 12.5. The number of anilines is 1. The van der Waals surface area contributed by atoms with Crippen molar-refractivity contribution in [3.8, 4) is 0 Å². The molecule has 3 rings (SSSR count). The molecule has 0 aromatic heterocycles. The average molecular weight is 437 g/mol. The van der Waals surface area contributed by atoms with Gasteiger partial charge in [0.25, 0.3) is 0 Å². The lowest BCUT2D eigenvalue weighted by Crippen LogP contribution is -2.48. The third-order valence-corrected chi connectivity index (χ3v) is 7.66. The fourth-order valence-electron chi connectivity index (χ4n) is 4.46. The summed E-state index contributed by atoms with van der Waals surface area (Å²) in [4.78, 5) is 4.26. The number of hydrogen-bond acceptors (Lipinski definition) is 4. The van der Waals surface area contributed by atoms with Crippen molar-refractivity contribution in [2.45, 2.75) is 46.1 Å². The predicted octanol–water partition coefficient (Wildman–Crippen LogP) is 2.39. The van der Waals surface area contributed by atoms with Crippen LogP contribution >= 0.6 is 0 Å². The number of aliphatic imine (C=N–C) groups is 1. The van der Waals surface area contributed by atoms with Crippen molar-refractivity contribution in [1.29, 1.82) is 0 Å². The van der Waals surface area contributed by atoms with Crippen molar-refractivity contribution >= 4 is 21.7 Å². The van der Waals surface area contributed by atoms with Crippen LogP contribution in [0.4, 0.5) is 5.69 Å². The second-order valence-corrected chi connectivity index (χ2v) is 11.2. The van der Waals surface area contributed by atoms with Gasteiger partial charge in [-0.3, -0.25) is 9.30 Å². The van der Waals surface area contributed by atoms with Gasteiger partial charge < -0.3 is 15.4 Å². The second kappa shape index (κ2) is 9.56. The predicted molar refractivity (Wildman–Crippen MR) is 123 cm³/mol. The van der Waals surface area contributed by atoms with Crippen LogP contribution in [0, 0.1) is 11.3 Å². The Bertz CT molecular complexity index is 848. The normalized spacial score (nSPS) is 22.7. The lowest BCUT2D eigenvalue weighted by molar-refractivity contribution is -0.0835. The standard InChI is InChI=1S/C22H36N4O3S/c1-22(2,3)20-18(9-7-14-29-20)16-25-21(23-4)24-12-15-30(27,28)26-13-11-17-8-5-6-10-19(17)26/h5-6,8,10,18,20H,7,9,11-16H2,1-4H3,(H2,23,24,25). The van der Waals surface area contributed by atoms with Gasteiger partial charge >= 0.3 is 0 Å². The molecule has 0 spiro atoms. The number of rotatable bonds is 6. The third-order valence-electron chi connectivity index (χ3n) is 5.89. The van der Waals surface area contributed by atoms with Crippen molar-refractivity contribution in [3.63, 3.8) is 0 Å². The first-order chi connectivity index (χ1) is 14.2. The van der Waals surface area contributed by atoms with E-state index in [1.807, 2.05) is 24.3 Å². The zero-order chi connectivity index (χ0) is 21.8. The Morgan fingerprint density at radius 1 is 1.27 bits per heavy atom. The molecule has 2 aliphatic rings. The van der Waals surface area contributed by atoms with E-state index in [0.29, 0.717) is 25.0 Å². The van der Waals surface area contributed by atoms with Crippen LogP contribution in [0.15, 0.2) is 29.3 Å². The molecule has 168 valence electrons. The van der Waals surface area contributed by atoms with Crippen LogP contribution in [0.5, 0.6) is 0 Å². The largest absolute Gasteiger partial charge is 0.377 e. The van der Waals surface area contributed by atoms with Crippen LogP contribution in [0.2, 0.25) is 0 Å². The van der Waals surface area contributed by atoms with Gasteiger partial charge in [0.05, 0.1) is 17.5 Å². The summed E-state index contributed by atoms with van der Waals surface area (Å²) in [6.45, 7) is 9.05. The Labute approximate surface area is 181 Å². The summed E-state index contributed by atoms with van der Waals surface area (Å²) in [6.07, 6.45) is 3.16. The molecule has 0 bridgehead atoms. The van der Waals surface area contributed by atoms with Gasteiger partial charge in [0.15, 0.2) is 5.96 Å².